The van der Waals surface area contributed by atoms with Gasteiger partial charge in [-0.05, 0) is 18.6 Å². The van der Waals surface area contributed by atoms with Crippen molar-refractivity contribution in [3.63, 3.8) is 0 Å². The number of benzene rings is 1. The SMILES string of the molecule is COc1cc(C)c(-c2cnc(NN)[nH]2)c(OC)c1. The molecule has 4 N–H and O–H groups in total. The zero-order chi connectivity index (χ0) is 13.1. The summed E-state index contributed by atoms with van der Waals surface area (Å²) in [4.78, 5) is 7.16. The van der Waals surface area contributed by atoms with E-state index in [4.69, 9.17) is 15.3 Å². The van der Waals surface area contributed by atoms with Gasteiger partial charge in [0.25, 0.3) is 0 Å². The number of rotatable bonds is 4. The summed E-state index contributed by atoms with van der Waals surface area (Å²) in [6.07, 6.45) is 1.70. The van der Waals surface area contributed by atoms with Crippen LogP contribution in [0.1, 0.15) is 5.56 Å². The Morgan fingerprint density at radius 2 is 2.06 bits per heavy atom. The van der Waals surface area contributed by atoms with Crippen molar-refractivity contribution in [1.82, 2.24) is 9.97 Å². The van der Waals surface area contributed by atoms with Gasteiger partial charge in [-0.1, -0.05) is 0 Å². The van der Waals surface area contributed by atoms with Gasteiger partial charge in [-0.25, -0.2) is 10.8 Å². The van der Waals surface area contributed by atoms with Gasteiger partial charge >= 0.3 is 0 Å². The van der Waals surface area contributed by atoms with E-state index in [2.05, 4.69) is 15.4 Å². The molecule has 6 heteroatoms. The smallest absolute Gasteiger partial charge is 0.215 e. The lowest BCUT2D eigenvalue weighted by Crippen LogP contribution is -2.07. The second-order valence-electron chi connectivity index (χ2n) is 3.81. The number of imidazole rings is 1. The highest BCUT2D eigenvalue weighted by atomic mass is 16.5. The Kier molecular flexibility index (Phi) is 3.38. The van der Waals surface area contributed by atoms with Crippen molar-refractivity contribution in [2.75, 3.05) is 19.6 Å². The summed E-state index contributed by atoms with van der Waals surface area (Å²) in [6, 6.07) is 3.77. The van der Waals surface area contributed by atoms with Crippen LogP contribution in [0, 0.1) is 6.92 Å². The molecule has 2 aromatic rings. The van der Waals surface area contributed by atoms with E-state index in [1.165, 1.54) is 0 Å². The number of anilines is 1. The number of aromatic nitrogens is 2. The zero-order valence-corrected chi connectivity index (χ0v) is 10.6. The van der Waals surface area contributed by atoms with Crippen molar-refractivity contribution in [3.05, 3.63) is 23.9 Å². The van der Waals surface area contributed by atoms with Gasteiger partial charge < -0.3 is 14.5 Å². The molecule has 0 aliphatic carbocycles. The molecule has 0 amide bonds. The Morgan fingerprint density at radius 1 is 1.28 bits per heavy atom. The first-order valence-corrected chi connectivity index (χ1v) is 5.44. The van der Waals surface area contributed by atoms with Gasteiger partial charge in [0.1, 0.15) is 11.5 Å². The van der Waals surface area contributed by atoms with E-state index >= 15 is 0 Å². The second kappa shape index (κ2) is 4.97. The van der Waals surface area contributed by atoms with E-state index in [1.54, 1.807) is 20.4 Å². The van der Waals surface area contributed by atoms with Crippen LogP contribution in [0.3, 0.4) is 0 Å². The Labute approximate surface area is 105 Å². The lowest BCUT2D eigenvalue weighted by molar-refractivity contribution is 0.395. The molecular weight excluding hydrogens is 232 g/mol. The molecule has 96 valence electrons. The first-order valence-electron chi connectivity index (χ1n) is 5.44. The van der Waals surface area contributed by atoms with Crippen LogP contribution >= 0.6 is 0 Å². The molecule has 18 heavy (non-hydrogen) atoms. The number of hydrazine groups is 1. The Morgan fingerprint density at radius 3 is 2.61 bits per heavy atom. The van der Waals surface area contributed by atoms with Crippen LogP contribution in [-0.4, -0.2) is 24.2 Å². The molecule has 2 rings (SSSR count). The molecule has 0 saturated carbocycles. The van der Waals surface area contributed by atoms with E-state index < -0.39 is 0 Å². The number of nitrogens with one attached hydrogen (secondary N) is 2. The molecular formula is C12H16N4O2. The minimum atomic E-state index is 0.502. The summed E-state index contributed by atoms with van der Waals surface area (Å²) in [5, 5.41) is 0. The van der Waals surface area contributed by atoms with Crippen molar-refractivity contribution >= 4 is 5.95 Å². The summed E-state index contributed by atoms with van der Waals surface area (Å²) in [7, 11) is 3.25. The summed E-state index contributed by atoms with van der Waals surface area (Å²) < 4.78 is 10.6. The predicted molar refractivity (Wildman–Crippen MR) is 69.7 cm³/mol. The van der Waals surface area contributed by atoms with Gasteiger partial charge in [-0.15, -0.1) is 0 Å². The lowest BCUT2D eigenvalue weighted by atomic mass is 10.0. The number of H-pyrrole nitrogens is 1. The highest BCUT2D eigenvalue weighted by molar-refractivity contribution is 5.73. The number of nitrogen functional groups attached to an aromatic ring is 1. The number of aromatic amines is 1. The third kappa shape index (κ3) is 2.10. The van der Waals surface area contributed by atoms with Crippen molar-refractivity contribution in [2.45, 2.75) is 6.92 Å². The maximum absolute atomic E-state index is 5.39. The molecule has 0 atom stereocenters. The molecule has 0 aliphatic heterocycles. The average Bonchev–Trinajstić information content (AvgIpc) is 2.85. The number of methoxy groups -OCH3 is 2. The molecule has 0 spiro atoms. The monoisotopic (exact) mass is 248 g/mol. The molecule has 6 nitrogen and oxygen atoms in total. The van der Waals surface area contributed by atoms with Crippen molar-refractivity contribution in [1.29, 1.82) is 0 Å². The van der Waals surface area contributed by atoms with Gasteiger partial charge in [0.05, 0.1) is 26.1 Å². The van der Waals surface area contributed by atoms with Crippen LogP contribution in [0.25, 0.3) is 11.3 Å². The van der Waals surface area contributed by atoms with Crippen LogP contribution < -0.4 is 20.7 Å². The van der Waals surface area contributed by atoms with E-state index in [9.17, 15) is 0 Å². The highest BCUT2D eigenvalue weighted by Gasteiger charge is 2.13. The van der Waals surface area contributed by atoms with Gasteiger partial charge in [-0.2, -0.15) is 0 Å². The first-order chi connectivity index (χ1) is 8.69. The van der Waals surface area contributed by atoms with Gasteiger partial charge in [0.15, 0.2) is 0 Å². The zero-order valence-electron chi connectivity index (χ0n) is 10.6. The third-order valence-electron chi connectivity index (χ3n) is 2.71. The van der Waals surface area contributed by atoms with Crippen LogP contribution in [-0.2, 0) is 0 Å². The quantitative estimate of drug-likeness (QED) is 0.566. The topological polar surface area (TPSA) is 85.2 Å². The summed E-state index contributed by atoms with van der Waals surface area (Å²) in [5.41, 5.74) is 5.26. The molecule has 0 fully saturated rings. The Balaban J connectivity index is 2.55. The van der Waals surface area contributed by atoms with E-state index in [0.29, 0.717) is 5.95 Å². The van der Waals surface area contributed by atoms with Crippen LogP contribution in [0.5, 0.6) is 11.5 Å². The first kappa shape index (κ1) is 12.3. The van der Waals surface area contributed by atoms with E-state index in [0.717, 1.165) is 28.3 Å². The Hall–Kier alpha value is -2.21. The number of nitrogens with two attached hydrogens (primary N) is 1. The normalized spacial score (nSPS) is 10.2. The number of ether oxygens (including phenoxy) is 2. The molecule has 0 saturated heterocycles. The van der Waals surface area contributed by atoms with Crippen LogP contribution in [0.4, 0.5) is 5.95 Å². The van der Waals surface area contributed by atoms with Crippen molar-refractivity contribution in [3.8, 4) is 22.8 Å². The maximum Gasteiger partial charge on any atom is 0.215 e. The predicted octanol–water partition coefficient (Wildman–Crippen LogP) is 1.69. The standard InChI is InChI=1S/C12H16N4O2/c1-7-4-8(17-2)5-10(18-3)11(7)9-6-14-12(15-9)16-13/h4-6H,13H2,1-3H3,(H2,14,15,16). The van der Waals surface area contributed by atoms with Gasteiger partial charge in [-0.3, -0.25) is 5.43 Å². The van der Waals surface area contributed by atoms with Gasteiger partial charge in [0, 0.05) is 11.6 Å². The Bertz CT molecular complexity index is 551. The minimum absolute atomic E-state index is 0.502. The molecule has 0 bridgehead atoms. The van der Waals surface area contributed by atoms with Crippen molar-refractivity contribution < 1.29 is 9.47 Å². The molecule has 0 aliphatic rings. The fraction of sp³-hybridized carbons (Fsp3) is 0.250. The molecule has 1 heterocycles. The number of nitrogens with zero attached hydrogens (tertiary/aromatic N) is 1. The number of hydrogen-bond acceptors (Lipinski definition) is 5. The summed E-state index contributed by atoms with van der Waals surface area (Å²) in [6.45, 7) is 1.98. The molecule has 1 aromatic heterocycles. The summed E-state index contributed by atoms with van der Waals surface area (Å²) >= 11 is 0. The van der Waals surface area contributed by atoms with E-state index in [1.807, 2.05) is 19.1 Å². The van der Waals surface area contributed by atoms with Crippen LogP contribution in [0.2, 0.25) is 0 Å². The minimum Gasteiger partial charge on any atom is -0.497 e. The molecule has 0 unspecified atom stereocenters. The van der Waals surface area contributed by atoms with E-state index in [-0.39, 0.29) is 0 Å². The third-order valence-corrected chi connectivity index (χ3v) is 2.71. The van der Waals surface area contributed by atoms with Gasteiger partial charge in [0.2, 0.25) is 5.95 Å². The second-order valence-corrected chi connectivity index (χ2v) is 3.81. The molecule has 0 radical (unpaired) electrons. The molecule has 1 aromatic carbocycles. The van der Waals surface area contributed by atoms with Crippen LogP contribution in [0.15, 0.2) is 18.3 Å². The average molecular weight is 248 g/mol. The summed E-state index contributed by atoms with van der Waals surface area (Å²) in [5.74, 6) is 7.28. The number of hydrogen-bond donors (Lipinski definition) is 3. The fourth-order valence-corrected chi connectivity index (χ4v) is 1.87. The largest absolute Gasteiger partial charge is 0.497 e. The lowest BCUT2D eigenvalue weighted by Gasteiger charge is -2.12. The maximum atomic E-state index is 5.39. The number of aryl methyl sites for hydroxylation is 1. The van der Waals surface area contributed by atoms with Crippen molar-refractivity contribution in [2.24, 2.45) is 5.84 Å². The fourth-order valence-electron chi connectivity index (χ4n) is 1.87. The highest BCUT2D eigenvalue weighted by Crippen LogP contribution is 2.36.